The van der Waals surface area contributed by atoms with Gasteiger partial charge in [0.1, 0.15) is 0 Å². The molecule has 0 aliphatic heterocycles. The number of hydrogen-bond acceptors (Lipinski definition) is 1. The van der Waals surface area contributed by atoms with Crippen molar-refractivity contribution in [1.82, 2.24) is 9.47 Å². The minimum atomic E-state index is -0.540. The van der Waals surface area contributed by atoms with E-state index in [0.29, 0.717) is 12.4 Å². The molecule has 0 N–H and O–H groups in total. The summed E-state index contributed by atoms with van der Waals surface area (Å²) in [6, 6.07) is 12.7. The number of carbonyl (C=O) groups excluding carboxylic acids is 1. The number of halogens is 1. The molecule has 1 amide bonds. The van der Waals surface area contributed by atoms with Crippen molar-refractivity contribution in [3.8, 4) is 0 Å². The van der Waals surface area contributed by atoms with Crippen LogP contribution in [-0.2, 0) is 17.9 Å². The Labute approximate surface area is 169 Å². The summed E-state index contributed by atoms with van der Waals surface area (Å²) in [6.07, 6.45) is 5.40. The summed E-state index contributed by atoms with van der Waals surface area (Å²) in [5.41, 5.74) is 3.16. The monoisotopic (exact) mass is 388 g/mol. The topological polar surface area (TPSA) is 25.2 Å². The van der Waals surface area contributed by atoms with E-state index in [9.17, 15) is 4.79 Å². The summed E-state index contributed by atoms with van der Waals surface area (Å²) >= 11 is 6.08. The molecule has 148 valence electrons. The van der Waals surface area contributed by atoms with E-state index in [1.54, 1.807) is 0 Å². The van der Waals surface area contributed by atoms with E-state index in [2.05, 4.69) is 61.0 Å². The van der Waals surface area contributed by atoms with Crippen molar-refractivity contribution >= 4 is 17.5 Å². The van der Waals surface area contributed by atoms with Gasteiger partial charge in [-0.2, -0.15) is 0 Å². The van der Waals surface area contributed by atoms with Gasteiger partial charge in [-0.15, -0.1) is 11.6 Å². The minimum absolute atomic E-state index is 0.136. The standard InChI is InChI=1S/C23H33ClN2O/c1-5-6-7-13-26(22(27)23(3,4)18-24)17-21-12-9-14-25(21)16-20-11-8-10-19(2)15-20/h8-12,14-15H,5-7,13,16-18H2,1-4H3. The molecular formula is C23H33ClN2O. The predicted octanol–water partition coefficient (Wildman–Crippen LogP) is 5.63. The van der Waals surface area contributed by atoms with Gasteiger partial charge in [-0.1, -0.05) is 49.6 Å². The van der Waals surface area contributed by atoms with E-state index >= 15 is 0 Å². The lowest BCUT2D eigenvalue weighted by Gasteiger charge is -2.31. The fourth-order valence-corrected chi connectivity index (χ4v) is 3.35. The molecule has 1 heterocycles. The van der Waals surface area contributed by atoms with Crippen molar-refractivity contribution in [3.63, 3.8) is 0 Å². The quantitative estimate of drug-likeness (QED) is 0.382. The van der Waals surface area contributed by atoms with Crippen molar-refractivity contribution in [2.45, 2.75) is 60.0 Å². The minimum Gasteiger partial charge on any atom is -0.345 e. The molecule has 0 aliphatic rings. The number of alkyl halides is 1. The van der Waals surface area contributed by atoms with Crippen molar-refractivity contribution in [3.05, 3.63) is 59.4 Å². The first-order valence-electron chi connectivity index (χ1n) is 9.92. The number of unbranched alkanes of at least 4 members (excludes halogenated alkanes) is 2. The fraction of sp³-hybridized carbons (Fsp3) is 0.522. The van der Waals surface area contributed by atoms with E-state index in [0.717, 1.165) is 38.0 Å². The van der Waals surface area contributed by atoms with Gasteiger partial charge < -0.3 is 9.47 Å². The van der Waals surface area contributed by atoms with Crippen LogP contribution in [-0.4, -0.2) is 27.8 Å². The molecule has 4 heteroatoms. The Balaban J connectivity index is 2.17. The number of benzene rings is 1. The zero-order valence-corrected chi connectivity index (χ0v) is 17.9. The number of hydrogen-bond donors (Lipinski definition) is 0. The van der Waals surface area contributed by atoms with Crippen molar-refractivity contribution in [2.24, 2.45) is 5.41 Å². The molecule has 1 aromatic carbocycles. The number of nitrogens with zero attached hydrogens (tertiary/aromatic N) is 2. The largest absolute Gasteiger partial charge is 0.345 e. The molecule has 3 nitrogen and oxygen atoms in total. The lowest BCUT2D eigenvalue weighted by molar-refractivity contribution is -0.140. The van der Waals surface area contributed by atoms with Gasteiger partial charge >= 0.3 is 0 Å². The molecule has 0 fully saturated rings. The molecule has 2 aromatic rings. The maximum Gasteiger partial charge on any atom is 0.229 e. The van der Waals surface area contributed by atoms with Crippen LogP contribution < -0.4 is 0 Å². The highest BCUT2D eigenvalue weighted by atomic mass is 35.5. The molecule has 0 aliphatic carbocycles. The maximum absolute atomic E-state index is 13.1. The van der Waals surface area contributed by atoms with Crippen LogP contribution in [0, 0.1) is 12.3 Å². The Kier molecular flexibility index (Phi) is 7.97. The summed E-state index contributed by atoms with van der Waals surface area (Å²) < 4.78 is 2.24. The fourth-order valence-electron chi connectivity index (χ4n) is 3.24. The predicted molar refractivity (Wildman–Crippen MR) is 114 cm³/mol. The van der Waals surface area contributed by atoms with Crippen LogP contribution in [0.5, 0.6) is 0 Å². The molecular weight excluding hydrogens is 356 g/mol. The molecule has 2 rings (SSSR count). The summed E-state index contributed by atoms with van der Waals surface area (Å²) in [5, 5.41) is 0. The first kappa shape index (κ1) is 21.6. The summed E-state index contributed by atoms with van der Waals surface area (Å²) in [4.78, 5) is 15.0. The highest BCUT2D eigenvalue weighted by Gasteiger charge is 2.31. The SMILES string of the molecule is CCCCCN(Cc1cccn1Cc1cccc(C)c1)C(=O)C(C)(C)CCl. The third kappa shape index (κ3) is 6.14. The van der Waals surface area contributed by atoms with E-state index in [-0.39, 0.29) is 5.91 Å². The van der Waals surface area contributed by atoms with Crippen LogP contribution in [0.15, 0.2) is 42.6 Å². The van der Waals surface area contributed by atoms with Gasteiger partial charge in [-0.25, -0.2) is 0 Å². The van der Waals surface area contributed by atoms with Gasteiger partial charge in [-0.05, 0) is 44.9 Å². The van der Waals surface area contributed by atoms with Crippen LogP contribution >= 0.6 is 11.6 Å². The molecule has 0 radical (unpaired) electrons. The maximum atomic E-state index is 13.1. The number of amides is 1. The van der Waals surface area contributed by atoms with Crippen molar-refractivity contribution in [2.75, 3.05) is 12.4 Å². The van der Waals surface area contributed by atoms with Gasteiger partial charge in [-0.3, -0.25) is 4.79 Å². The van der Waals surface area contributed by atoms with Crippen molar-refractivity contribution in [1.29, 1.82) is 0 Å². The number of aromatic nitrogens is 1. The Hall–Kier alpha value is -1.74. The summed E-state index contributed by atoms with van der Waals surface area (Å²) in [7, 11) is 0. The van der Waals surface area contributed by atoms with Gasteiger partial charge in [0.05, 0.1) is 12.0 Å². The Morgan fingerprint density at radius 3 is 2.63 bits per heavy atom. The van der Waals surface area contributed by atoms with Crippen LogP contribution in [0.3, 0.4) is 0 Å². The smallest absolute Gasteiger partial charge is 0.229 e. The van der Waals surface area contributed by atoms with E-state index < -0.39 is 5.41 Å². The normalized spacial score (nSPS) is 11.6. The van der Waals surface area contributed by atoms with Gasteiger partial charge in [0, 0.05) is 30.9 Å². The van der Waals surface area contributed by atoms with Crippen LogP contribution in [0.2, 0.25) is 0 Å². The molecule has 0 bridgehead atoms. The average molecular weight is 389 g/mol. The number of aryl methyl sites for hydroxylation is 1. The number of rotatable bonds is 10. The second kappa shape index (κ2) is 9.98. The second-order valence-electron chi connectivity index (χ2n) is 8.07. The van der Waals surface area contributed by atoms with Gasteiger partial charge in [0.25, 0.3) is 0 Å². The Morgan fingerprint density at radius 1 is 1.19 bits per heavy atom. The molecule has 27 heavy (non-hydrogen) atoms. The zero-order chi connectivity index (χ0) is 19.9. The molecule has 0 saturated carbocycles. The Morgan fingerprint density at radius 2 is 1.96 bits per heavy atom. The Bertz CT molecular complexity index is 735. The third-order valence-corrected chi connectivity index (χ3v) is 5.61. The van der Waals surface area contributed by atoms with Crippen LogP contribution in [0.1, 0.15) is 56.9 Å². The molecule has 0 saturated heterocycles. The number of carbonyl (C=O) groups is 1. The summed E-state index contributed by atoms with van der Waals surface area (Å²) in [6.45, 7) is 10.4. The highest BCUT2D eigenvalue weighted by molar-refractivity contribution is 6.19. The lowest BCUT2D eigenvalue weighted by Crippen LogP contribution is -2.42. The summed E-state index contributed by atoms with van der Waals surface area (Å²) in [5.74, 6) is 0.470. The molecule has 0 unspecified atom stereocenters. The van der Waals surface area contributed by atoms with E-state index in [1.807, 2.05) is 18.7 Å². The highest BCUT2D eigenvalue weighted by Crippen LogP contribution is 2.23. The zero-order valence-electron chi connectivity index (χ0n) is 17.2. The van der Waals surface area contributed by atoms with Crippen molar-refractivity contribution < 1.29 is 4.79 Å². The first-order valence-corrected chi connectivity index (χ1v) is 10.5. The van der Waals surface area contributed by atoms with Gasteiger partial charge in [0.2, 0.25) is 5.91 Å². The van der Waals surface area contributed by atoms with Crippen LogP contribution in [0.4, 0.5) is 0 Å². The molecule has 0 spiro atoms. The second-order valence-corrected chi connectivity index (χ2v) is 8.34. The molecule has 0 atom stereocenters. The van der Waals surface area contributed by atoms with E-state index in [1.165, 1.54) is 11.1 Å². The first-order chi connectivity index (χ1) is 12.9. The molecule has 1 aromatic heterocycles. The third-order valence-electron chi connectivity index (χ3n) is 4.94. The van der Waals surface area contributed by atoms with Crippen LogP contribution in [0.25, 0.3) is 0 Å². The lowest BCUT2D eigenvalue weighted by atomic mass is 9.94. The average Bonchev–Trinajstić information content (AvgIpc) is 3.07. The van der Waals surface area contributed by atoms with E-state index in [4.69, 9.17) is 11.6 Å². The van der Waals surface area contributed by atoms with Gasteiger partial charge in [0.15, 0.2) is 0 Å².